The zero-order valence-corrected chi connectivity index (χ0v) is 14.1. The zero-order chi connectivity index (χ0) is 16.4. The molecule has 0 spiro atoms. The Balaban J connectivity index is 1.57. The summed E-state index contributed by atoms with van der Waals surface area (Å²) in [5.41, 5.74) is 0.682. The molecule has 2 atom stereocenters. The molecule has 2 aliphatic rings. The number of imide groups is 1. The van der Waals surface area contributed by atoms with Crippen LogP contribution in [0, 0.1) is 11.8 Å². The number of nitrogens with one attached hydrogen (secondary N) is 1. The van der Waals surface area contributed by atoms with Gasteiger partial charge in [-0.2, -0.15) is 0 Å². The first kappa shape index (κ1) is 15.9. The third kappa shape index (κ3) is 3.37. The maximum absolute atomic E-state index is 12.3. The summed E-state index contributed by atoms with van der Waals surface area (Å²) in [5, 5.41) is 2.77. The summed E-state index contributed by atoms with van der Waals surface area (Å²) in [7, 11) is 0. The minimum absolute atomic E-state index is 0.108. The van der Waals surface area contributed by atoms with Gasteiger partial charge in [0.1, 0.15) is 0 Å². The van der Waals surface area contributed by atoms with E-state index >= 15 is 0 Å². The quantitative estimate of drug-likeness (QED) is 0.648. The number of carbonyl (C=O) groups excluding carboxylic acids is 3. The Labute approximate surface area is 142 Å². The second-order valence-corrected chi connectivity index (χ2v) is 6.71. The predicted molar refractivity (Wildman–Crippen MR) is 89.5 cm³/mol. The Morgan fingerprint density at radius 2 is 1.83 bits per heavy atom. The summed E-state index contributed by atoms with van der Waals surface area (Å²) in [5.74, 6) is -0.961. The Morgan fingerprint density at radius 3 is 2.43 bits per heavy atom. The van der Waals surface area contributed by atoms with Crippen molar-refractivity contribution in [3.05, 3.63) is 40.9 Å². The van der Waals surface area contributed by atoms with Crippen LogP contribution in [-0.4, -0.2) is 29.2 Å². The van der Waals surface area contributed by atoms with Gasteiger partial charge in [0, 0.05) is 23.1 Å². The van der Waals surface area contributed by atoms with Crippen molar-refractivity contribution in [2.24, 2.45) is 11.8 Å². The molecule has 0 saturated carbocycles. The summed E-state index contributed by atoms with van der Waals surface area (Å²) in [6.45, 7) is 0.143. The highest BCUT2D eigenvalue weighted by Gasteiger charge is 2.46. The van der Waals surface area contributed by atoms with E-state index in [0.29, 0.717) is 18.5 Å². The van der Waals surface area contributed by atoms with Gasteiger partial charge in [0.15, 0.2) is 0 Å². The summed E-state index contributed by atoms with van der Waals surface area (Å²) >= 11 is 3.34. The van der Waals surface area contributed by atoms with Crippen LogP contribution in [0.25, 0.3) is 0 Å². The molecule has 0 unspecified atom stereocenters. The molecule has 0 aromatic heterocycles. The van der Waals surface area contributed by atoms with Crippen LogP contribution in [0.15, 0.2) is 40.9 Å². The minimum Gasteiger partial charge on any atom is -0.326 e. The van der Waals surface area contributed by atoms with Crippen molar-refractivity contribution in [3.8, 4) is 0 Å². The molecule has 6 heteroatoms. The largest absolute Gasteiger partial charge is 0.326 e. The second-order valence-electron chi connectivity index (χ2n) is 5.79. The minimum atomic E-state index is -0.236. The number of allylic oxidation sites excluding steroid dienone is 2. The molecule has 5 nitrogen and oxygen atoms in total. The van der Waals surface area contributed by atoms with Crippen LogP contribution in [0.4, 0.5) is 5.69 Å². The molecule has 3 amide bonds. The predicted octanol–water partition coefficient (Wildman–Crippen LogP) is 2.73. The van der Waals surface area contributed by atoms with E-state index in [0.717, 1.165) is 4.47 Å². The maximum atomic E-state index is 12.3. The second kappa shape index (κ2) is 6.66. The van der Waals surface area contributed by atoms with E-state index in [2.05, 4.69) is 21.2 Å². The van der Waals surface area contributed by atoms with Crippen LogP contribution < -0.4 is 5.32 Å². The van der Waals surface area contributed by atoms with E-state index in [1.54, 1.807) is 12.1 Å². The van der Waals surface area contributed by atoms with Crippen molar-refractivity contribution in [1.29, 1.82) is 0 Å². The Bertz CT molecular complexity index is 660. The van der Waals surface area contributed by atoms with E-state index in [1.807, 2.05) is 24.3 Å². The highest BCUT2D eigenvalue weighted by Crippen LogP contribution is 2.35. The number of carbonyl (C=O) groups is 3. The lowest BCUT2D eigenvalue weighted by Crippen LogP contribution is -2.34. The van der Waals surface area contributed by atoms with Crippen LogP contribution in [0.1, 0.15) is 19.3 Å². The molecule has 1 aromatic carbocycles. The van der Waals surface area contributed by atoms with Gasteiger partial charge < -0.3 is 5.32 Å². The van der Waals surface area contributed by atoms with Gasteiger partial charge in [0.2, 0.25) is 17.7 Å². The fourth-order valence-corrected chi connectivity index (χ4v) is 3.49. The maximum Gasteiger partial charge on any atom is 0.233 e. The van der Waals surface area contributed by atoms with E-state index in [9.17, 15) is 14.4 Å². The molecule has 1 aliphatic carbocycles. The lowest BCUT2D eigenvalue weighted by Gasteiger charge is -2.14. The van der Waals surface area contributed by atoms with Gasteiger partial charge in [-0.05, 0) is 31.0 Å². The number of hydrogen-bond donors (Lipinski definition) is 1. The highest BCUT2D eigenvalue weighted by atomic mass is 79.9. The third-order valence-corrected chi connectivity index (χ3v) is 4.76. The Morgan fingerprint density at radius 1 is 1.17 bits per heavy atom. The smallest absolute Gasteiger partial charge is 0.233 e. The van der Waals surface area contributed by atoms with Gasteiger partial charge in [-0.3, -0.25) is 19.3 Å². The van der Waals surface area contributed by atoms with Crippen LogP contribution in [0.5, 0.6) is 0 Å². The zero-order valence-electron chi connectivity index (χ0n) is 12.5. The van der Waals surface area contributed by atoms with Gasteiger partial charge in [-0.25, -0.2) is 0 Å². The molecular formula is C17H17BrN2O3. The van der Waals surface area contributed by atoms with Crippen molar-refractivity contribution in [2.75, 3.05) is 11.9 Å². The van der Waals surface area contributed by atoms with Gasteiger partial charge in [-0.15, -0.1) is 0 Å². The first-order valence-corrected chi connectivity index (χ1v) is 8.41. The van der Waals surface area contributed by atoms with Crippen molar-refractivity contribution in [2.45, 2.75) is 19.3 Å². The van der Waals surface area contributed by atoms with Gasteiger partial charge in [0.05, 0.1) is 11.8 Å². The lowest BCUT2D eigenvalue weighted by molar-refractivity contribution is -0.140. The molecule has 3 rings (SSSR count). The summed E-state index contributed by atoms with van der Waals surface area (Å²) in [6.07, 6.45) is 5.26. The summed E-state index contributed by atoms with van der Waals surface area (Å²) in [6, 6.07) is 7.28. The van der Waals surface area contributed by atoms with Gasteiger partial charge >= 0.3 is 0 Å². The normalized spacial score (nSPS) is 23.1. The van der Waals surface area contributed by atoms with E-state index in [4.69, 9.17) is 0 Å². The number of fused-ring (bicyclic) bond motifs is 1. The molecule has 0 bridgehead atoms. The Kier molecular flexibility index (Phi) is 4.61. The Hall–Kier alpha value is -1.95. The lowest BCUT2D eigenvalue weighted by atomic mass is 9.85. The third-order valence-electron chi connectivity index (χ3n) is 4.27. The number of hydrogen-bond acceptors (Lipinski definition) is 3. The van der Waals surface area contributed by atoms with E-state index < -0.39 is 0 Å². The number of anilines is 1. The van der Waals surface area contributed by atoms with Crippen LogP contribution in [-0.2, 0) is 14.4 Å². The van der Waals surface area contributed by atoms with Crippen molar-refractivity contribution < 1.29 is 14.4 Å². The van der Waals surface area contributed by atoms with Crippen molar-refractivity contribution >= 4 is 39.3 Å². The average Bonchev–Trinajstić information content (AvgIpc) is 2.77. The molecule has 1 aromatic rings. The molecule has 120 valence electrons. The summed E-state index contributed by atoms with van der Waals surface area (Å²) in [4.78, 5) is 37.9. The number of nitrogens with zero attached hydrogens (tertiary/aromatic N) is 1. The fraction of sp³-hybridized carbons (Fsp3) is 0.353. The van der Waals surface area contributed by atoms with E-state index in [1.165, 1.54) is 4.90 Å². The first-order chi connectivity index (χ1) is 11.1. The number of likely N-dealkylation sites (tertiary alicyclic amines) is 1. The topological polar surface area (TPSA) is 66.5 Å². The number of rotatable bonds is 4. The molecule has 1 N–H and O–H groups in total. The van der Waals surface area contributed by atoms with Crippen molar-refractivity contribution in [1.82, 2.24) is 4.90 Å². The number of amides is 3. The van der Waals surface area contributed by atoms with Gasteiger partial charge in [-0.1, -0.05) is 34.1 Å². The van der Waals surface area contributed by atoms with Gasteiger partial charge in [0.25, 0.3) is 0 Å². The highest BCUT2D eigenvalue weighted by molar-refractivity contribution is 9.10. The average molecular weight is 377 g/mol. The van der Waals surface area contributed by atoms with Crippen molar-refractivity contribution in [3.63, 3.8) is 0 Å². The molecule has 1 saturated heterocycles. The SMILES string of the molecule is O=C(CCN1C(=O)[C@H]2CC=CC[C@H]2C1=O)Nc1cccc(Br)c1. The molecule has 1 aliphatic heterocycles. The first-order valence-electron chi connectivity index (χ1n) is 7.62. The monoisotopic (exact) mass is 376 g/mol. The number of halogens is 1. The van der Waals surface area contributed by atoms with E-state index in [-0.39, 0.29) is 42.5 Å². The van der Waals surface area contributed by atoms with Crippen LogP contribution in [0.3, 0.4) is 0 Å². The molecule has 0 radical (unpaired) electrons. The number of benzene rings is 1. The van der Waals surface area contributed by atoms with Crippen LogP contribution in [0.2, 0.25) is 0 Å². The standard InChI is InChI=1S/C17H17BrN2O3/c18-11-4-3-5-12(10-11)19-15(21)8-9-20-16(22)13-6-1-2-7-14(13)17(20)23/h1-5,10,13-14H,6-9H2,(H,19,21)/t13-,14+. The fourth-order valence-electron chi connectivity index (χ4n) is 3.09. The molecule has 1 heterocycles. The van der Waals surface area contributed by atoms with Crippen LogP contribution >= 0.6 is 15.9 Å². The summed E-state index contributed by atoms with van der Waals surface area (Å²) < 4.78 is 0.872. The molecular weight excluding hydrogens is 360 g/mol. The molecule has 23 heavy (non-hydrogen) atoms. The molecule has 1 fully saturated rings.